The van der Waals surface area contributed by atoms with E-state index in [1.54, 1.807) is 0 Å². The standard InChI is InChI=1S/C22H32N2O5S/c1-4-6-13-24(14-7-5-2)19-15-17(22(25)26)16-20(30(27,28)23-3)21(19)29-18-11-9-8-10-12-18/h9,11-12,15-16,23H,4-8,10,13-14H2,1-3H3,(H,25,26). The van der Waals surface area contributed by atoms with Crippen LogP contribution in [0.15, 0.2) is 41.0 Å². The smallest absolute Gasteiger partial charge is 0.335 e. The number of sulfonamides is 1. The zero-order chi connectivity index (χ0) is 22.1. The zero-order valence-corrected chi connectivity index (χ0v) is 18.8. The van der Waals surface area contributed by atoms with Crippen LogP contribution in [-0.2, 0) is 10.0 Å². The van der Waals surface area contributed by atoms with Crippen molar-refractivity contribution in [2.45, 2.75) is 57.3 Å². The van der Waals surface area contributed by atoms with Crippen molar-refractivity contribution < 1.29 is 23.1 Å². The molecule has 1 aliphatic rings. The summed E-state index contributed by atoms with van der Waals surface area (Å²) in [5, 5.41) is 9.62. The van der Waals surface area contributed by atoms with Crippen molar-refractivity contribution >= 4 is 21.7 Å². The van der Waals surface area contributed by atoms with Gasteiger partial charge in [0.05, 0.1) is 11.3 Å². The summed E-state index contributed by atoms with van der Waals surface area (Å²) in [5.41, 5.74) is 0.405. The molecule has 0 saturated carbocycles. The van der Waals surface area contributed by atoms with Gasteiger partial charge in [-0.25, -0.2) is 17.9 Å². The fraction of sp³-hybridized carbons (Fsp3) is 0.500. The molecule has 0 aromatic heterocycles. The summed E-state index contributed by atoms with van der Waals surface area (Å²) in [7, 11) is -2.65. The molecular weight excluding hydrogens is 404 g/mol. The number of rotatable bonds is 12. The van der Waals surface area contributed by atoms with Gasteiger partial charge in [-0.2, -0.15) is 0 Å². The Morgan fingerprint density at radius 3 is 2.33 bits per heavy atom. The molecule has 0 heterocycles. The summed E-state index contributed by atoms with van der Waals surface area (Å²) in [6.45, 7) is 5.53. The predicted molar refractivity (Wildman–Crippen MR) is 119 cm³/mol. The molecule has 0 bridgehead atoms. The van der Waals surface area contributed by atoms with E-state index < -0.39 is 16.0 Å². The quantitative estimate of drug-likeness (QED) is 0.507. The van der Waals surface area contributed by atoms with Crippen LogP contribution in [0.1, 0.15) is 62.7 Å². The molecule has 0 saturated heterocycles. The van der Waals surface area contributed by atoms with E-state index in [1.165, 1.54) is 13.1 Å². The van der Waals surface area contributed by atoms with E-state index in [0.29, 0.717) is 24.5 Å². The highest BCUT2D eigenvalue weighted by Gasteiger charge is 2.27. The van der Waals surface area contributed by atoms with Crippen molar-refractivity contribution in [2.75, 3.05) is 25.0 Å². The maximum atomic E-state index is 12.8. The van der Waals surface area contributed by atoms with Gasteiger partial charge in [0.25, 0.3) is 0 Å². The van der Waals surface area contributed by atoms with E-state index in [0.717, 1.165) is 44.6 Å². The molecule has 30 heavy (non-hydrogen) atoms. The first-order chi connectivity index (χ1) is 14.3. The number of unbranched alkanes of at least 4 members (excludes halogenated alkanes) is 2. The number of nitrogens with one attached hydrogen (secondary N) is 1. The lowest BCUT2D eigenvalue weighted by Gasteiger charge is -2.28. The third-order valence-electron chi connectivity index (χ3n) is 4.93. The molecule has 166 valence electrons. The molecule has 0 spiro atoms. The summed E-state index contributed by atoms with van der Waals surface area (Å²) in [6.07, 6.45) is 11.1. The number of allylic oxidation sites excluding steroid dienone is 3. The van der Waals surface area contributed by atoms with Gasteiger partial charge >= 0.3 is 5.97 Å². The summed E-state index contributed by atoms with van der Waals surface area (Å²) in [4.78, 5) is 13.6. The molecular formula is C22H32N2O5S. The Kier molecular flexibility index (Phi) is 8.92. The van der Waals surface area contributed by atoms with E-state index in [1.807, 2.05) is 23.1 Å². The second kappa shape index (κ2) is 11.2. The molecule has 8 heteroatoms. The Balaban J connectivity index is 2.71. The average molecular weight is 437 g/mol. The number of hydrogen-bond donors (Lipinski definition) is 2. The molecule has 0 fully saturated rings. The van der Waals surface area contributed by atoms with Crippen molar-refractivity contribution in [1.29, 1.82) is 0 Å². The zero-order valence-electron chi connectivity index (χ0n) is 18.0. The Labute approximate surface area is 179 Å². The van der Waals surface area contributed by atoms with Crippen LogP contribution in [0, 0.1) is 0 Å². The summed E-state index contributed by atoms with van der Waals surface area (Å²) < 4.78 is 34.0. The minimum Gasteiger partial charge on any atom is -0.478 e. The van der Waals surface area contributed by atoms with Crippen molar-refractivity contribution in [2.24, 2.45) is 0 Å². The van der Waals surface area contributed by atoms with Gasteiger partial charge in [0.15, 0.2) is 5.75 Å². The highest BCUT2D eigenvalue weighted by atomic mass is 32.2. The summed E-state index contributed by atoms with van der Waals surface area (Å²) in [6, 6.07) is 2.68. The van der Waals surface area contributed by atoms with Crippen LogP contribution in [0.25, 0.3) is 0 Å². The molecule has 0 radical (unpaired) electrons. The first kappa shape index (κ1) is 24.0. The molecule has 0 unspecified atom stereocenters. The van der Waals surface area contributed by atoms with E-state index in [2.05, 4.69) is 18.6 Å². The highest BCUT2D eigenvalue weighted by molar-refractivity contribution is 7.89. The van der Waals surface area contributed by atoms with Gasteiger partial charge in [0, 0.05) is 13.1 Å². The van der Waals surface area contributed by atoms with Gasteiger partial charge in [-0.15, -0.1) is 0 Å². The van der Waals surface area contributed by atoms with Gasteiger partial charge < -0.3 is 14.7 Å². The molecule has 0 amide bonds. The molecule has 2 rings (SSSR count). The van der Waals surface area contributed by atoms with E-state index in [4.69, 9.17) is 4.74 Å². The number of benzene rings is 1. The van der Waals surface area contributed by atoms with Crippen LogP contribution in [0.4, 0.5) is 5.69 Å². The number of carbonyl (C=O) groups is 1. The van der Waals surface area contributed by atoms with Crippen molar-refractivity contribution in [3.8, 4) is 5.75 Å². The third kappa shape index (κ3) is 6.09. The van der Waals surface area contributed by atoms with Gasteiger partial charge in [-0.3, -0.25) is 0 Å². The van der Waals surface area contributed by atoms with E-state index >= 15 is 0 Å². The number of hydrogen-bond acceptors (Lipinski definition) is 5. The van der Waals surface area contributed by atoms with Crippen molar-refractivity contribution in [3.05, 3.63) is 41.7 Å². The first-order valence-corrected chi connectivity index (χ1v) is 12.0. The van der Waals surface area contributed by atoms with Crippen LogP contribution in [0.5, 0.6) is 5.75 Å². The van der Waals surface area contributed by atoms with Gasteiger partial charge in [0.1, 0.15) is 10.7 Å². The maximum Gasteiger partial charge on any atom is 0.335 e. The Morgan fingerprint density at radius 2 is 1.83 bits per heavy atom. The topological polar surface area (TPSA) is 95.9 Å². The monoisotopic (exact) mass is 436 g/mol. The van der Waals surface area contributed by atoms with Gasteiger partial charge in [-0.05, 0) is 57.0 Å². The van der Waals surface area contributed by atoms with Crippen LogP contribution in [-0.4, -0.2) is 39.6 Å². The van der Waals surface area contributed by atoms with Crippen molar-refractivity contribution in [1.82, 2.24) is 4.72 Å². The lowest BCUT2D eigenvalue weighted by molar-refractivity contribution is 0.0696. The summed E-state index contributed by atoms with van der Waals surface area (Å²) >= 11 is 0. The number of carboxylic acids is 1. The molecule has 0 atom stereocenters. The second-order valence-electron chi connectivity index (χ2n) is 7.22. The van der Waals surface area contributed by atoms with E-state index in [9.17, 15) is 18.3 Å². The van der Waals surface area contributed by atoms with E-state index in [-0.39, 0.29) is 16.2 Å². The normalized spacial score (nSPS) is 13.8. The van der Waals surface area contributed by atoms with Crippen LogP contribution < -0.4 is 14.4 Å². The number of aromatic carboxylic acids is 1. The lowest BCUT2D eigenvalue weighted by Crippen LogP contribution is -2.28. The highest BCUT2D eigenvalue weighted by Crippen LogP contribution is 2.39. The predicted octanol–water partition coefficient (Wildman–Crippen LogP) is 4.31. The third-order valence-corrected chi connectivity index (χ3v) is 6.34. The van der Waals surface area contributed by atoms with Gasteiger partial charge in [0.2, 0.25) is 10.0 Å². The molecule has 1 aromatic carbocycles. The lowest BCUT2D eigenvalue weighted by atomic mass is 10.1. The van der Waals surface area contributed by atoms with Crippen LogP contribution in [0.2, 0.25) is 0 Å². The Hall–Kier alpha value is -2.32. The largest absolute Gasteiger partial charge is 0.478 e. The van der Waals surface area contributed by atoms with Crippen LogP contribution in [0.3, 0.4) is 0 Å². The molecule has 0 aliphatic heterocycles. The fourth-order valence-corrected chi connectivity index (χ4v) is 4.08. The summed E-state index contributed by atoms with van der Waals surface area (Å²) in [5.74, 6) is -0.457. The SMILES string of the molecule is CCCCN(CCCC)c1cc(C(=O)O)cc(S(=O)(=O)NC)c1OC1=CCCC=C1. The molecule has 1 aliphatic carbocycles. The molecule has 1 aromatic rings. The minimum absolute atomic E-state index is 0.0858. The first-order valence-electron chi connectivity index (χ1n) is 10.5. The Morgan fingerprint density at radius 1 is 1.17 bits per heavy atom. The number of ether oxygens (including phenoxy) is 1. The number of nitrogens with zero attached hydrogens (tertiary/aromatic N) is 1. The molecule has 7 nitrogen and oxygen atoms in total. The number of anilines is 1. The average Bonchev–Trinajstić information content (AvgIpc) is 2.74. The fourth-order valence-electron chi connectivity index (χ4n) is 3.19. The molecule has 2 N–H and O–H groups in total. The second-order valence-corrected chi connectivity index (χ2v) is 9.07. The van der Waals surface area contributed by atoms with Crippen LogP contribution >= 0.6 is 0 Å². The van der Waals surface area contributed by atoms with Gasteiger partial charge in [-0.1, -0.05) is 32.8 Å². The Bertz CT molecular complexity index is 898. The maximum absolute atomic E-state index is 12.8. The number of carboxylic acid groups (broad SMARTS) is 1. The minimum atomic E-state index is -3.95. The van der Waals surface area contributed by atoms with Crippen molar-refractivity contribution in [3.63, 3.8) is 0 Å².